The number of nitrogens with zero attached hydrogens (tertiary/aromatic N) is 2. The molecule has 0 aliphatic rings. The monoisotopic (exact) mass is 364 g/mol. The van der Waals surface area contributed by atoms with Gasteiger partial charge in [0.1, 0.15) is 11.3 Å². The number of anilines is 2. The number of pyridine rings is 2. The minimum atomic E-state index is -0.365. The second-order valence-corrected chi connectivity index (χ2v) is 6.29. The first-order valence-corrected chi connectivity index (χ1v) is 8.72. The number of rotatable bonds is 7. The normalized spacial score (nSPS) is 11.8. The Balaban J connectivity index is 1.53. The highest BCUT2D eigenvalue weighted by Gasteiger charge is 2.16. The Labute approximate surface area is 157 Å². The van der Waals surface area contributed by atoms with E-state index in [1.807, 2.05) is 18.2 Å². The number of benzene rings is 1. The highest BCUT2D eigenvalue weighted by molar-refractivity contribution is 5.94. The minimum Gasteiger partial charge on any atom is -0.368 e. The lowest BCUT2D eigenvalue weighted by molar-refractivity contribution is -0.118. The Morgan fingerprint density at radius 2 is 1.93 bits per heavy atom. The van der Waals surface area contributed by atoms with Crippen molar-refractivity contribution in [3.8, 4) is 0 Å². The zero-order chi connectivity index (χ0) is 19.2. The van der Waals surface area contributed by atoms with Gasteiger partial charge in [-0.25, -0.2) is 9.37 Å². The summed E-state index contributed by atoms with van der Waals surface area (Å²) in [5, 5.41) is 7.05. The van der Waals surface area contributed by atoms with Crippen molar-refractivity contribution in [3.05, 3.63) is 72.8 Å². The Kier molecular flexibility index (Phi) is 5.76. The van der Waals surface area contributed by atoms with Crippen LogP contribution < -0.4 is 10.6 Å². The summed E-state index contributed by atoms with van der Waals surface area (Å²) in [4.78, 5) is 21.0. The van der Waals surface area contributed by atoms with Crippen LogP contribution in [0.4, 0.5) is 15.9 Å². The number of amides is 1. The molecule has 0 saturated carbocycles. The second kappa shape index (κ2) is 8.40. The smallest absolute Gasteiger partial charge is 0.231 e. The summed E-state index contributed by atoms with van der Waals surface area (Å²) in [6, 6.07) is 11.5. The van der Waals surface area contributed by atoms with Gasteiger partial charge < -0.3 is 10.6 Å². The van der Waals surface area contributed by atoms with Gasteiger partial charge in [-0.05, 0) is 49.7 Å². The van der Waals surface area contributed by atoms with E-state index in [2.05, 4.69) is 27.2 Å². The number of carbonyl (C=O) groups is 1. The van der Waals surface area contributed by atoms with Crippen LogP contribution in [-0.2, 0) is 4.79 Å². The average Bonchev–Trinajstić information content (AvgIpc) is 2.69. The van der Waals surface area contributed by atoms with Gasteiger partial charge in [-0.2, -0.15) is 0 Å². The predicted octanol–water partition coefficient (Wildman–Crippen LogP) is 4.40. The molecule has 0 saturated heterocycles. The van der Waals surface area contributed by atoms with Crippen LogP contribution in [0.1, 0.15) is 13.3 Å². The summed E-state index contributed by atoms with van der Waals surface area (Å²) in [5.41, 5.74) is 2.17. The van der Waals surface area contributed by atoms with Crippen molar-refractivity contribution < 1.29 is 9.18 Å². The van der Waals surface area contributed by atoms with Crippen LogP contribution in [0.15, 0.2) is 67.0 Å². The van der Waals surface area contributed by atoms with Crippen LogP contribution in [0.2, 0.25) is 0 Å². The first-order valence-electron chi connectivity index (χ1n) is 8.72. The first kappa shape index (κ1) is 18.5. The molecule has 5 nitrogen and oxygen atoms in total. The molecule has 0 radical (unpaired) electrons. The van der Waals surface area contributed by atoms with Gasteiger partial charge in [0.2, 0.25) is 5.91 Å². The van der Waals surface area contributed by atoms with Gasteiger partial charge in [0.05, 0.1) is 5.92 Å². The predicted molar refractivity (Wildman–Crippen MR) is 106 cm³/mol. The summed E-state index contributed by atoms with van der Waals surface area (Å²) < 4.78 is 12.9. The molecule has 2 N–H and O–H groups in total. The number of hydrogen-bond donors (Lipinski definition) is 2. The Morgan fingerprint density at radius 1 is 1.15 bits per heavy atom. The van der Waals surface area contributed by atoms with Crippen molar-refractivity contribution >= 4 is 28.3 Å². The van der Waals surface area contributed by atoms with Crippen molar-refractivity contribution in [2.75, 3.05) is 17.2 Å². The molecule has 2 aromatic heterocycles. The van der Waals surface area contributed by atoms with Gasteiger partial charge in [-0.1, -0.05) is 18.2 Å². The molecule has 1 aromatic carbocycles. The van der Waals surface area contributed by atoms with Gasteiger partial charge >= 0.3 is 0 Å². The zero-order valence-corrected chi connectivity index (χ0v) is 15.1. The van der Waals surface area contributed by atoms with E-state index in [4.69, 9.17) is 0 Å². The molecule has 6 heteroatoms. The molecule has 0 aliphatic carbocycles. The number of hydrogen-bond acceptors (Lipinski definition) is 4. The lowest BCUT2D eigenvalue weighted by Gasteiger charge is -2.16. The lowest BCUT2D eigenvalue weighted by Crippen LogP contribution is -2.22. The maximum atomic E-state index is 12.9. The lowest BCUT2D eigenvalue weighted by atomic mass is 9.99. The molecule has 138 valence electrons. The average molecular weight is 364 g/mol. The van der Waals surface area contributed by atoms with Gasteiger partial charge in [-0.15, -0.1) is 0 Å². The molecule has 0 bridgehead atoms. The zero-order valence-electron chi connectivity index (χ0n) is 15.1. The highest BCUT2D eigenvalue weighted by Crippen LogP contribution is 2.20. The first-order chi connectivity index (χ1) is 13.0. The molecular formula is C21H21FN4O. The third-order valence-electron chi connectivity index (χ3n) is 4.38. The summed E-state index contributed by atoms with van der Waals surface area (Å²) in [5.74, 6) is -0.163. The molecule has 0 fully saturated rings. The molecule has 0 aliphatic heterocycles. The summed E-state index contributed by atoms with van der Waals surface area (Å²) in [7, 11) is 0. The van der Waals surface area contributed by atoms with Gasteiger partial charge in [-0.3, -0.25) is 9.78 Å². The van der Waals surface area contributed by atoms with E-state index < -0.39 is 0 Å². The fraction of sp³-hybridized carbons (Fsp3) is 0.190. The van der Waals surface area contributed by atoms with Crippen molar-refractivity contribution in [1.29, 1.82) is 0 Å². The van der Waals surface area contributed by atoms with E-state index in [-0.39, 0.29) is 17.6 Å². The SMILES string of the molecule is C=C(CCNc1nccc2cccnc12)C(C)C(=O)Nc1ccc(F)cc1. The number of carbonyl (C=O) groups excluding carboxylic acids is 1. The molecule has 3 aromatic rings. The maximum absolute atomic E-state index is 12.9. The Morgan fingerprint density at radius 3 is 2.70 bits per heavy atom. The topological polar surface area (TPSA) is 66.9 Å². The largest absolute Gasteiger partial charge is 0.368 e. The van der Waals surface area contributed by atoms with Crippen LogP contribution in [-0.4, -0.2) is 22.4 Å². The molecule has 1 unspecified atom stereocenters. The van der Waals surface area contributed by atoms with Crippen molar-refractivity contribution in [3.63, 3.8) is 0 Å². The van der Waals surface area contributed by atoms with Gasteiger partial charge in [0.25, 0.3) is 0 Å². The number of aromatic nitrogens is 2. The van der Waals surface area contributed by atoms with E-state index in [1.54, 1.807) is 19.3 Å². The third-order valence-corrected chi connectivity index (χ3v) is 4.38. The molecule has 27 heavy (non-hydrogen) atoms. The highest BCUT2D eigenvalue weighted by atomic mass is 19.1. The van der Waals surface area contributed by atoms with Crippen molar-refractivity contribution in [2.45, 2.75) is 13.3 Å². The van der Waals surface area contributed by atoms with Crippen molar-refractivity contribution in [2.24, 2.45) is 5.92 Å². The number of nitrogens with one attached hydrogen (secondary N) is 2. The third kappa shape index (κ3) is 4.67. The fourth-order valence-corrected chi connectivity index (χ4v) is 2.66. The van der Waals surface area contributed by atoms with Gasteiger partial charge in [0.15, 0.2) is 5.82 Å². The molecule has 1 amide bonds. The summed E-state index contributed by atoms with van der Waals surface area (Å²) in [6.45, 7) is 6.43. The molecule has 3 rings (SSSR count). The number of halogens is 1. The summed E-state index contributed by atoms with van der Waals surface area (Å²) in [6.07, 6.45) is 4.08. The quantitative estimate of drug-likeness (QED) is 0.610. The minimum absolute atomic E-state index is 0.170. The van der Waals surface area contributed by atoms with Crippen LogP contribution in [0.5, 0.6) is 0 Å². The Bertz CT molecular complexity index is 951. The van der Waals surface area contributed by atoms with E-state index >= 15 is 0 Å². The van der Waals surface area contributed by atoms with Crippen LogP contribution in [0.3, 0.4) is 0 Å². The number of fused-ring (bicyclic) bond motifs is 1. The standard InChI is InChI=1S/C21H21FN4O/c1-14(15(2)21(27)26-18-7-5-17(22)6-8-18)9-12-24-20-19-16(10-13-25-20)4-3-11-23-19/h3-8,10-11,13,15H,1,9,12H2,2H3,(H,24,25)(H,26,27). The summed E-state index contributed by atoms with van der Waals surface area (Å²) >= 11 is 0. The van der Waals surface area contributed by atoms with Gasteiger partial charge in [0, 0.05) is 30.0 Å². The Hall–Kier alpha value is -3.28. The van der Waals surface area contributed by atoms with Crippen molar-refractivity contribution in [1.82, 2.24) is 9.97 Å². The van der Waals surface area contributed by atoms with E-state index in [1.165, 1.54) is 24.3 Å². The van der Waals surface area contributed by atoms with Crippen LogP contribution in [0.25, 0.3) is 10.9 Å². The molecule has 2 heterocycles. The molecular weight excluding hydrogens is 343 g/mol. The van der Waals surface area contributed by atoms with Crippen LogP contribution in [0, 0.1) is 11.7 Å². The molecule has 1 atom stereocenters. The van der Waals surface area contributed by atoms with E-state index in [0.717, 1.165) is 16.5 Å². The fourth-order valence-electron chi connectivity index (χ4n) is 2.66. The maximum Gasteiger partial charge on any atom is 0.231 e. The second-order valence-electron chi connectivity index (χ2n) is 6.29. The van der Waals surface area contributed by atoms with E-state index in [9.17, 15) is 9.18 Å². The van der Waals surface area contributed by atoms with Crippen LogP contribution >= 0.6 is 0 Å². The molecule has 0 spiro atoms. The van der Waals surface area contributed by atoms with E-state index in [0.29, 0.717) is 24.5 Å².